The highest BCUT2D eigenvalue weighted by molar-refractivity contribution is 9.10. The van der Waals surface area contributed by atoms with Crippen molar-refractivity contribution in [1.82, 2.24) is 9.62 Å². The summed E-state index contributed by atoms with van der Waals surface area (Å²) in [6, 6.07) is 8.70. The number of nitrogens with zero attached hydrogens (tertiary/aromatic N) is 1. The maximum atomic E-state index is 11.5. The highest BCUT2D eigenvalue weighted by atomic mass is 79.9. The molecule has 0 aromatic heterocycles. The summed E-state index contributed by atoms with van der Waals surface area (Å²) in [5.41, 5.74) is 1.30. The van der Waals surface area contributed by atoms with Crippen molar-refractivity contribution in [1.29, 1.82) is 0 Å². The predicted octanol–water partition coefficient (Wildman–Crippen LogP) is 2.64. The zero-order valence-electron chi connectivity index (χ0n) is 13.0. The molecular formula is C15H25BrN2O2S. The fourth-order valence-electron chi connectivity index (χ4n) is 2.21. The summed E-state index contributed by atoms with van der Waals surface area (Å²) in [5.74, 6) is 0. The molecule has 0 fully saturated rings. The quantitative estimate of drug-likeness (QED) is 0.673. The second-order valence-corrected chi connectivity index (χ2v) is 8.19. The Morgan fingerprint density at radius 3 is 2.43 bits per heavy atom. The molecule has 0 bridgehead atoms. The number of rotatable bonds is 9. The number of halogens is 1. The number of benzene rings is 1. The molecule has 0 spiro atoms. The minimum atomic E-state index is -3.07. The summed E-state index contributed by atoms with van der Waals surface area (Å²) in [4.78, 5) is 0. The molecule has 1 unspecified atom stereocenters. The van der Waals surface area contributed by atoms with Crippen LogP contribution >= 0.6 is 15.9 Å². The minimum Gasteiger partial charge on any atom is -0.314 e. The molecule has 0 aliphatic carbocycles. The molecule has 1 aromatic carbocycles. The van der Waals surface area contributed by atoms with Crippen LogP contribution in [0.4, 0.5) is 0 Å². The number of sulfonamides is 1. The minimum absolute atomic E-state index is 0.375. The lowest BCUT2D eigenvalue weighted by Gasteiger charge is -2.19. The molecule has 0 radical (unpaired) electrons. The molecule has 1 N–H and O–H groups in total. The van der Waals surface area contributed by atoms with Gasteiger partial charge in [0.15, 0.2) is 0 Å². The van der Waals surface area contributed by atoms with Gasteiger partial charge in [0.25, 0.3) is 0 Å². The van der Waals surface area contributed by atoms with E-state index in [9.17, 15) is 8.42 Å². The Hall–Kier alpha value is -0.430. The van der Waals surface area contributed by atoms with E-state index in [-0.39, 0.29) is 0 Å². The highest BCUT2D eigenvalue weighted by Gasteiger charge is 2.13. The van der Waals surface area contributed by atoms with Crippen LogP contribution in [0.25, 0.3) is 0 Å². The summed E-state index contributed by atoms with van der Waals surface area (Å²) < 4.78 is 25.5. The molecule has 1 aromatic rings. The van der Waals surface area contributed by atoms with E-state index < -0.39 is 10.0 Å². The van der Waals surface area contributed by atoms with Crippen molar-refractivity contribution in [3.63, 3.8) is 0 Å². The molecule has 6 heteroatoms. The summed E-state index contributed by atoms with van der Waals surface area (Å²) in [6.07, 6.45) is 3.06. The van der Waals surface area contributed by atoms with Gasteiger partial charge in [-0.3, -0.25) is 0 Å². The third kappa shape index (κ3) is 7.40. The van der Waals surface area contributed by atoms with Crippen molar-refractivity contribution in [2.24, 2.45) is 0 Å². The maximum absolute atomic E-state index is 11.5. The number of hydrogen-bond acceptors (Lipinski definition) is 3. The van der Waals surface area contributed by atoms with E-state index in [2.05, 4.69) is 40.3 Å². The van der Waals surface area contributed by atoms with Gasteiger partial charge in [-0.1, -0.05) is 35.0 Å². The molecule has 0 saturated heterocycles. The molecule has 0 aliphatic heterocycles. The number of nitrogens with one attached hydrogen (secondary N) is 1. The first-order valence-electron chi connectivity index (χ1n) is 7.26. The molecule has 0 aliphatic rings. The van der Waals surface area contributed by atoms with Gasteiger partial charge in [-0.05, 0) is 44.0 Å². The van der Waals surface area contributed by atoms with Crippen molar-refractivity contribution in [2.45, 2.75) is 32.7 Å². The van der Waals surface area contributed by atoms with E-state index in [0.29, 0.717) is 19.1 Å². The summed E-state index contributed by atoms with van der Waals surface area (Å²) >= 11 is 3.43. The topological polar surface area (TPSA) is 49.4 Å². The molecule has 21 heavy (non-hydrogen) atoms. The van der Waals surface area contributed by atoms with Crippen molar-refractivity contribution in [2.75, 3.05) is 25.9 Å². The van der Waals surface area contributed by atoms with Gasteiger partial charge in [0.1, 0.15) is 0 Å². The van der Waals surface area contributed by atoms with Crippen LogP contribution in [0, 0.1) is 0 Å². The molecule has 0 amide bonds. The predicted molar refractivity (Wildman–Crippen MR) is 92.0 cm³/mol. The van der Waals surface area contributed by atoms with Crippen LogP contribution in [-0.2, 0) is 16.4 Å². The molecule has 0 saturated carbocycles. The average molecular weight is 377 g/mol. The van der Waals surface area contributed by atoms with Gasteiger partial charge < -0.3 is 5.32 Å². The van der Waals surface area contributed by atoms with Gasteiger partial charge >= 0.3 is 0 Å². The number of hydrogen-bond donors (Lipinski definition) is 1. The molecule has 0 heterocycles. The molecule has 4 nitrogen and oxygen atoms in total. The zero-order valence-corrected chi connectivity index (χ0v) is 15.4. The monoisotopic (exact) mass is 376 g/mol. The lowest BCUT2D eigenvalue weighted by Crippen LogP contribution is -2.34. The highest BCUT2D eigenvalue weighted by Crippen LogP contribution is 2.11. The van der Waals surface area contributed by atoms with Gasteiger partial charge in [0.2, 0.25) is 10.0 Å². The van der Waals surface area contributed by atoms with Crippen LogP contribution in [0.3, 0.4) is 0 Å². The summed E-state index contributed by atoms with van der Waals surface area (Å²) in [7, 11) is -3.07. The standard InChI is InChI=1S/C15H25BrN2O2S/c1-4-18(21(3,19)20)11-5-10-17-13(2)12-14-6-8-15(16)9-7-14/h6-9,13,17H,4-5,10-12H2,1-3H3. The normalized spacial score (nSPS) is 13.6. The lowest BCUT2D eigenvalue weighted by atomic mass is 10.1. The fraction of sp³-hybridized carbons (Fsp3) is 0.600. The van der Waals surface area contributed by atoms with Crippen molar-refractivity contribution in [3.05, 3.63) is 34.3 Å². The Balaban J connectivity index is 2.27. The van der Waals surface area contributed by atoms with E-state index >= 15 is 0 Å². The van der Waals surface area contributed by atoms with Crippen LogP contribution < -0.4 is 5.32 Å². The smallest absolute Gasteiger partial charge is 0.211 e. The largest absolute Gasteiger partial charge is 0.314 e. The van der Waals surface area contributed by atoms with Crippen molar-refractivity contribution in [3.8, 4) is 0 Å². The lowest BCUT2D eigenvalue weighted by molar-refractivity contribution is 0.412. The molecule has 120 valence electrons. The second kappa shape index (κ2) is 8.88. The van der Waals surface area contributed by atoms with Crippen LogP contribution in [0.15, 0.2) is 28.7 Å². The van der Waals surface area contributed by atoms with Crippen LogP contribution in [0.1, 0.15) is 25.8 Å². The first-order valence-corrected chi connectivity index (χ1v) is 9.90. The van der Waals surface area contributed by atoms with Crippen molar-refractivity contribution < 1.29 is 8.42 Å². The third-order valence-corrected chi connectivity index (χ3v) is 5.26. The van der Waals surface area contributed by atoms with Crippen molar-refractivity contribution >= 4 is 26.0 Å². The third-order valence-electron chi connectivity index (χ3n) is 3.35. The van der Waals surface area contributed by atoms with Gasteiger partial charge in [-0.15, -0.1) is 0 Å². The van der Waals surface area contributed by atoms with E-state index in [1.54, 1.807) is 0 Å². The van der Waals surface area contributed by atoms with E-state index in [1.807, 2.05) is 19.1 Å². The van der Waals surface area contributed by atoms with E-state index in [1.165, 1.54) is 16.1 Å². The zero-order chi connectivity index (χ0) is 15.9. The Kier molecular flexibility index (Phi) is 7.87. The Morgan fingerprint density at radius 1 is 1.29 bits per heavy atom. The fourth-order valence-corrected chi connectivity index (χ4v) is 3.40. The Bertz CT molecular complexity index is 517. The van der Waals surface area contributed by atoms with E-state index in [4.69, 9.17) is 0 Å². The molecule has 1 atom stereocenters. The van der Waals surface area contributed by atoms with Crippen LogP contribution in [0.2, 0.25) is 0 Å². The van der Waals surface area contributed by atoms with Crippen LogP contribution in [0.5, 0.6) is 0 Å². The summed E-state index contributed by atoms with van der Waals surface area (Å²) in [6.45, 7) is 5.95. The maximum Gasteiger partial charge on any atom is 0.211 e. The second-order valence-electron chi connectivity index (χ2n) is 5.29. The molecule has 1 rings (SSSR count). The average Bonchev–Trinajstić information content (AvgIpc) is 2.40. The van der Waals surface area contributed by atoms with Crippen LogP contribution in [-0.4, -0.2) is 44.7 Å². The van der Waals surface area contributed by atoms with E-state index in [0.717, 1.165) is 23.9 Å². The Labute approximate surface area is 137 Å². The first-order chi connectivity index (χ1) is 9.82. The summed E-state index contributed by atoms with van der Waals surface area (Å²) in [5, 5.41) is 3.44. The molecular weight excluding hydrogens is 352 g/mol. The Morgan fingerprint density at radius 2 is 1.90 bits per heavy atom. The van der Waals surface area contributed by atoms with Gasteiger partial charge in [0.05, 0.1) is 6.26 Å². The first kappa shape index (κ1) is 18.6. The SMILES string of the molecule is CCN(CCCNC(C)Cc1ccc(Br)cc1)S(C)(=O)=O. The van der Waals surface area contributed by atoms with Gasteiger partial charge in [-0.25, -0.2) is 12.7 Å². The van der Waals surface area contributed by atoms with Gasteiger partial charge in [-0.2, -0.15) is 0 Å². The van der Waals surface area contributed by atoms with Gasteiger partial charge in [0, 0.05) is 23.6 Å².